The molecule has 1 unspecified atom stereocenters. The maximum absolute atomic E-state index is 11.4. The summed E-state index contributed by atoms with van der Waals surface area (Å²) in [5.41, 5.74) is 2.31. The summed E-state index contributed by atoms with van der Waals surface area (Å²) in [5, 5.41) is 8.80. The van der Waals surface area contributed by atoms with Gasteiger partial charge in [-0.1, -0.05) is 19.8 Å². The summed E-state index contributed by atoms with van der Waals surface area (Å²) in [6.07, 6.45) is 7.84. The van der Waals surface area contributed by atoms with Gasteiger partial charge in [-0.15, -0.1) is 0 Å². The molecule has 0 saturated carbocycles. The van der Waals surface area contributed by atoms with Crippen LogP contribution in [-0.4, -0.2) is 23.7 Å². The molecule has 0 aromatic carbocycles. The molecule has 0 aromatic heterocycles. The van der Waals surface area contributed by atoms with E-state index < -0.39 is 19.8 Å². The van der Waals surface area contributed by atoms with Crippen molar-refractivity contribution in [2.24, 2.45) is 5.92 Å². The zero-order chi connectivity index (χ0) is 15.9. The molecular weight excluding hydrogens is 291 g/mol. The Morgan fingerprint density at radius 3 is 2.43 bits per heavy atom. The Labute approximate surface area is 127 Å². The predicted molar refractivity (Wildman–Crippen MR) is 80.8 cm³/mol. The molecule has 0 radical (unpaired) electrons. The summed E-state index contributed by atoms with van der Waals surface area (Å²) in [6, 6.07) is 0. The van der Waals surface area contributed by atoms with Crippen molar-refractivity contribution in [2.45, 2.75) is 64.7 Å². The van der Waals surface area contributed by atoms with Crippen molar-refractivity contribution in [2.75, 3.05) is 6.61 Å². The van der Waals surface area contributed by atoms with Crippen LogP contribution in [0.1, 0.15) is 64.7 Å². The van der Waals surface area contributed by atoms with Gasteiger partial charge >= 0.3 is 107 Å². The van der Waals surface area contributed by atoms with E-state index in [0.717, 1.165) is 19.3 Å². The first kappa shape index (κ1) is 19.9. The topological polar surface area (TPSA) is 80.7 Å². The molecule has 0 amide bonds. The molecule has 0 aliphatic rings. The third kappa shape index (κ3) is 12.4. The monoisotopic (exact) mass is 316 g/mol. The molecule has 0 fully saturated rings. The predicted octanol–water partition coefficient (Wildman–Crippen LogP) is 4.01. The normalized spacial score (nSPS) is 11.5. The van der Waals surface area contributed by atoms with E-state index in [-0.39, 0.29) is 19.0 Å². The van der Waals surface area contributed by atoms with Crippen molar-refractivity contribution in [3.63, 3.8) is 0 Å². The Morgan fingerprint density at radius 2 is 1.81 bits per heavy atom. The van der Waals surface area contributed by atoms with Gasteiger partial charge in [-0.2, -0.15) is 0 Å². The van der Waals surface area contributed by atoms with Gasteiger partial charge in [0.1, 0.15) is 0 Å². The molecule has 0 aliphatic carbocycles. The number of unbranched alkanes of at least 4 members (excludes halogenated alkanes) is 5. The molecule has 5 nitrogen and oxygen atoms in total. The number of carboxylic acids is 1. The molecular formula is C15H25O5P. The summed E-state index contributed by atoms with van der Waals surface area (Å²) in [6.45, 7) is 2.37. The van der Waals surface area contributed by atoms with Crippen molar-refractivity contribution in [1.82, 2.24) is 0 Å². The third-order valence-electron chi connectivity index (χ3n) is 3.14. The number of hydrogen-bond donors (Lipinski definition) is 1. The molecule has 6 heteroatoms. The molecule has 0 bridgehead atoms. The number of rotatable bonds is 12. The molecule has 1 N–H and O–H groups in total. The molecule has 0 saturated heterocycles. The van der Waals surface area contributed by atoms with Crippen LogP contribution in [0.15, 0.2) is 0 Å². The van der Waals surface area contributed by atoms with Gasteiger partial charge in [0.25, 0.3) is 0 Å². The number of esters is 1. The SMILES string of the molecule is CCCCCCCCC(=O)OCCCC(C#P=O)C(=O)O. The van der Waals surface area contributed by atoms with Crippen LogP contribution < -0.4 is 0 Å². The van der Waals surface area contributed by atoms with Gasteiger partial charge in [-0.3, -0.25) is 0 Å². The average Bonchev–Trinajstić information content (AvgIpc) is 2.45. The van der Waals surface area contributed by atoms with Crippen molar-refractivity contribution in [3.05, 3.63) is 0 Å². The summed E-state index contributed by atoms with van der Waals surface area (Å²) >= 11 is 0. The van der Waals surface area contributed by atoms with Crippen LogP contribution in [0.4, 0.5) is 0 Å². The van der Waals surface area contributed by atoms with Gasteiger partial charge in [-0.05, 0) is 0 Å². The van der Waals surface area contributed by atoms with Gasteiger partial charge in [0, 0.05) is 0 Å². The van der Waals surface area contributed by atoms with E-state index in [2.05, 4.69) is 12.6 Å². The van der Waals surface area contributed by atoms with Crippen molar-refractivity contribution in [1.29, 1.82) is 0 Å². The molecule has 120 valence electrons. The van der Waals surface area contributed by atoms with Crippen LogP contribution in [0.25, 0.3) is 0 Å². The minimum absolute atomic E-state index is 0.204. The summed E-state index contributed by atoms with van der Waals surface area (Å²) < 4.78 is 15.3. The Balaban J connectivity index is 3.58. The summed E-state index contributed by atoms with van der Waals surface area (Å²) in [5.74, 6) is -2.16. The number of hydrogen-bond acceptors (Lipinski definition) is 4. The van der Waals surface area contributed by atoms with E-state index in [1.807, 2.05) is 0 Å². The maximum atomic E-state index is 11.4. The van der Waals surface area contributed by atoms with Crippen LogP contribution in [-0.2, 0) is 18.9 Å². The first-order valence-electron chi connectivity index (χ1n) is 7.58. The Morgan fingerprint density at radius 1 is 1.14 bits per heavy atom. The van der Waals surface area contributed by atoms with Crippen LogP contribution in [0, 0.1) is 11.5 Å². The van der Waals surface area contributed by atoms with Gasteiger partial charge in [0.2, 0.25) is 0 Å². The Bertz CT molecular complexity index is 401. The number of carbonyl (C=O) groups excluding carboxylic acids is 1. The molecule has 1 atom stereocenters. The standard InChI is InChI=1S/C15H25O5P/c1-2-3-4-5-6-7-10-14(16)20-11-8-9-13(12-21-19)15(17)18/h13H,2-11H2,1H3,(H,17,18). The fourth-order valence-electron chi connectivity index (χ4n) is 1.90. The molecule has 0 spiro atoms. The van der Waals surface area contributed by atoms with Gasteiger partial charge in [-0.25, -0.2) is 0 Å². The third-order valence-corrected chi connectivity index (χ3v) is 3.56. The molecule has 0 rings (SSSR count). The molecule has 0 aliphatic heterocycles. The van der Waals surface area contributed by atoms with Crippen LogP contribution in [0.2, 0.25) is 0 Å². The van der Waals surface area contributed by atoms with E-state index in [4.69, 9.17) is 9.84 Å². The van der Waals surface area contributed by atoms with E-state index >= 15 is 0 Å². The number of ether oxygens (including phenoxy) is 1. The van der Waals surface area contributed by atoms with Gasteiger partial charge in [0.15, 0.2) is 0 Å². The Kier molecular flexibility index (Phi) is 13.2. The van der Waals surface area contributed by atoms with Crippen LogP contribution in [0.5, 0.6) is 0 Å². The van der Waals surface area contributed by atoms with Crippen LogP contribution >= 0.6 is 7.92 Å². The Hall–Kier alpha value is -1.05. The average molecular weight is 316 g/mol. The number of carboxylic acid groups (broad SMARTS) is 1. The van der Waals surface area contributed by atoms with Crippen molar-refractivity contribution in [3.8, 4) is 5.63 Å². The number of aliphatic carboxylic acids is 1. The van der Waals surface area contributed by atoms with E-state index in [0.29, 0.717) is 12.8 Å². The first-order chi connectivity index (χ1) is 10.1. The van der Waals surface area contributed by atoms with E-state index in [9.17, 15) is 14.2 Å². The van der Waals surface area contributed by atoms with Crippen LogP contribution in [0.3, 0.4) is 0 Å². The van der Waals surface area contributed by atoms with Gasteiger partial charge in [0.05, 0.1) is 0 Å². The second-order valence-electron chi connectivity index (χ2n) is 4.99. The van der Waals surface area contributed by atoms with E-state index in [1.165, 1.54) is 19.3 Å². The molecule has 21 heavy (non-hydrogen) atoms. The van der Waals surface area contributed by atoms with Crippen molar-refractivity contribution >= 4 is 19.9 Å². The second-order valence-corrected chi connectivity index (χ2v) is 5.43. The summed E-state index contributed by atoms with van der Waals surface area (Å²) in [4.78, 5) is 22.2. The zero-order valence-electron chi connectivity index (χ0n) is 12.7. The second kappa shape index (κ2) is 13.9. The number of carbonyl (C=O) groups is 2. The zero-order valence-corrected chi connectivity index (χ0v) is 13.6. The summed E-state index contributed by atoms with van der Waals surface area (Å²) in [7, 11) is -0.409. The molecule has 0 heterocycles. The van der Waals surface area contributed by atoms with Gasteiger partial charge < -0.3 is 0 Å². The fraction of sp³-hybridized carbons (Fsp3) is 0.800. The fourth-order valence-corrected chi connectivity index (χ4v) is 2.27. The van der Waals surface area contributed by atoms with E-state index in [1.54, 1.807) is 0 Å². The quantitative estimate of drug-likeness (QED) is 0.334. The first-order valence-corrected chi connectivity index (χ1v) is 8.39. The van der Waals surface area contributed by atoms with Crippen molar-refractivity contribution < 1.29 is 24.0 Å². The molecule has 0 aromatic rings. The minimum atomic E-state index is -1.06.